The van der Waals surface area contributed by atoms with Gasteiger partial charge in [0, 0.05) is 12.1 Å². The molecule has 2 unspecified atom stereocenters. The molecule has 1 aliphatic heterocycles. The third-order valence-corrected chi connectivity index (χ3v) is 3.66. The van der Waals surface area contributed by atoms with Gasteiger partial charge in [0.25, 0.3) is 0 Å². The van der Waals surface area contributed by atoms with E-state index in [0.29, 0.717) is 17.7 Å². The Balaban J connectivity index is 2.03. The lowest BCUT2D eigenvalue weighted by atomic mass is 9.95. The smallest absolute Gasteiger partial charge is 0.339 e. The third-order valence-electron chi connectivity index (χ3n) is 3.66. The van der Waals surface area contributed by atoms with Crippen molar-refractivity contribution in [3.05, 3.63) is 35.4 Å². The highest BCUT2D eigenvalue weighted by Gasteiger charge is 2.25. The van der Waals surface area contributed by atoms with Gasteiger partial charge in [-0.05, 0) is 25.0 Å². The summed E-state index contributed by atoms with van der Waals surface area (Å²) in [7, 11) is 2.75. The number of nitrogens with one attached hydrogen (secondary N) is 1. The third kappa shape index (κ3) is 3.86. The molecule has 1 saturated heterocycles. The molecule has 5 nitrogen and oxygen atoms in total. The second-order valence-electron chi connectivity index (χ2n) is 5.06. The molecule has 0 bridgehead atoms. The second kappa shape index (κ2) is 7.62. The van der Waals surface area contributed by atoms with Crippen molar-refractivity contribution in [1.29, 1.82) is 0 Å². The number of rotatable bonds is 2. The zero-order valence-electron chi connectivity index (χ0n) is 12.7. The van der Waals surface area contributed by atoms with Gasteiger partial charge < -0.3 is 14.8 Å². The van der Waals surface area contributed by atoms with E-state index in [4.69, 9.17) is 9.47 Å². The molecule has 0 radical (unpaired) electrons. The van der Waals surface area contributed by atoms with E-state index in [1.807, 2.05) is 6.07 Å². The van der Waals surface area contributed by atoms with Gasteiger partial charge in [-0.3, -0.25) is 4.79 Å². The van der Waals surface area contributed by atoms with Crippen LogP contribution in [0.25, 0.3) is 0 Å². The maximum atomic E-state index is 11.7. The molecule has 1 aromatic rings. The lowest BCUT2D eigenvalue weighted by molar-refractivity contribution is -0.146. The molecule has 1 aromatic carbocycles. The van der Waals surface area contributed by atoms with Crippen molar-refractivity contribution in [3.8, 4) is 11.8 Å². The van der Waals surface area contributed by atoms with Gasteiger partial charge in [0.15, 0.2) is 0 Å². The van der Waals surface area contributed by atoms with E-state index in [1.54, 1.807) is 18.2 Å². The predicted molar refractivity (Wildman–Crippen MR) is 81.2 cm³/mol. The molecule has 2 atom stereocenters. The number of esters is 2. The van der Waals surface area contributed by atoms with Crippen molar-refractivity contribution in [1.82, 2.24) is 5.32 Å². The average Bonchev–Trinajstić information content (AvgIpc) is 2.59. The summed E-state index contributed by atoms with van der Waals surface area (Å²) < 4.78 is 9.49. The maximum absolute atomic E-state index is 11.7. The summed E-state index contributed by atoms with van der Waals surface area (Å²) in [5.74, 6) is 5.45. The van der Waals surface area contributed by atoms with Crippen molar-refractivity contribution in [3.63, 3.8) is 0 Å². The van der Waals surface area contributed by atoms with Gasteiger partial charge in [0.2, 0.25) is 0 Å². The fourth-order valence-electron chi connectivity index (χ4n) is 2.39. The highest BCUT2D eigenvalue weighted by Crippen LogP contribution is 2.15. The highest BCUT2D eigenvalue weighted by atomic mass is 16.5. The van der Waals surface area contributed by atoms with Gasteiger partial charge in [0.1, 0.15) is 0 Å². The monoisotopic (exact) mass is 301 g/mol. The number of methoxy groups -OCH3 is 2. The van der Waals surface area contributed by atoms with Crippen LogP contribution in [0.3, 0.4) is 0 Å². The van der Waals surface area contributed by atoms with Crippen LogP contribution in [0.15, 0.2) is 24.3 Å². The van der Waals surface area contributed by atoms with E-state index >= 15 is 0 Å². The first kappa shape index (κ1) is 16.1. The summed E-state index contributed by atoms with van der Waals surface area (Å²) in [6.07, 6.45) is 1.52. The van der Waals surface area contributed by atoms with Gasteiger partial charge >= 0.3 is 11.9 Å². The van der Waals surface area contributed by atoms with E-state index in [1.165, 1.54) is 14.2 Å². The van der Waals surface area contributed by atoms with E-state index in [0.717, 1.165) is 12.8 Å². The van der Waals surface area contributed by atoms with Crippen LogP contribution in [0.2, 0.25) is 0 Å². The van der Waals surface area contributed by atoms with E-state index < -0.39 is 5.97 Å². The lowest BCUT2D eigenvalue weighted by Gasteiger charge is -2.25. The summed E-state index contributed by atoms with van der Waals surface area (Å²) in [6.45, 7) is 0.560. The number of ether oxygens (including phenoxy) is 2. The molecule has 1 N–H and O–H groups in total. The summed E-state index contributed by atoms with van der Waals surface area (Å²) in [6, 6.07) is 7.10. The predicted octanol–water partition coefficient (Wildman–Crippen LogP) is 1.37. The van der Waals surface area contributed by atoms with Crippen LogP contribution in [0.5, 0.6) is 0 Å². The van der Waals surface area contributed by atoms with E-state index in [9.17, 15) is 9.59 Å². The molecule has 1 aliphatic rings. The van der Waals surface area contributed by atoms with Crippen molar-refractivity contribution >= 4 is 11.9 Å². The molecule has 22 heavy (non-hydrogen) atoms. The Labute approximate surface area is 130 Å². The molecule has 0 aromatic heterocycles. The van der Waals surface area contributed by atoms with Crippen molar-refractivity contribution < 1.29 is 19.1 Å². The molecule has 1 heterocycles. The first-order chi connectivity index (χ1) is 10.7. The van der Waals surface area contributed by atoms with Gasteiger partial charge in [-0.1, -0.05) is 24.0 Å². The second-order valence-corrected chi connectivity index (χ2v) is 5.06. The van der Waals surface area contributed by atoms with Crippen LogP contribution >= 0.6 is 0 Å². The van der Waals surface area contributed by atoms with Gasteiger partial charge in [-0.25, -0.2) is 4.79 Å². The molecule has 116 valence electrons. The molecule has 0 aliphatic carbocycles. The number of carbonyl (C=O) groups is 2. The fraction of sp³-hybridized carbons (Fsp3) is 0.412. The molecule has 0 saturated carbocycles. The molecule has 1 fully saturated rings. The number of benzene rings is 1. The lowest BCUT2D eigenvalue weighted by Crippen LogP contribution is -2.41. The minimum absolute atomic E-state index is 0.00612. The van der Waals surface area contributed by atoms with Crippen molar-refractivity contribution in [2.75, 3.05) is 20.8 Å². The van der Waals surface area contributed by atoms with Crippen LogP contribution in [-0.4, -0.2) is 38.7 Å². The zero-order chi connectivity index (χ0) is 15.9. The van der Waals surface area contributed by atoms with Gasteiger partial charge in [0.05, 0.1) is 31.7 Å². The Kier molecular flexibility index (Phi) is 5.56. The SMILES string of the molecule is COC(=O)c1ccccc1C#CC1CCC(C(=O)OC)CN1. The number of hydrogen-bond donors (Lipinski definition) is 1. The minimum atomic E-state index is -0.396. The summed E-state index contributed by atoms with van der Waals surface area (Å²) in [5.41, 5.74) is 1.10. The topological polar surface area (TPSA) is 64.6 Å². The Hall–Kier alpha value is -2.32. The number of carbonyl (C=O) groups excluding carboxylic acids is 2. The van der Waals surface area contributed by atoms with Crippen molar-refractivity contribution in [2.24, 2.45) is 5.92 Å². The minimum Gasteiger partial charge on any atom is -0.469 e. The van der Waals surface area contributed by atoms with E-state index in [2.05, 4.69) is 17.2 Å². The largest absolute Gasteiger partial charge is 0.469 e. The quantitative estimate of drug-likeness (QED) is 0.660. The number of hydrogen-bond acceptors (Lipinski definition) is 5. The Bertz CT molecular complexity index is 607. The number of piperidine rings is 1. The standard InChI is InChI=1S/C17H19NO4/c1-21-16(19)13-8-10-14(18-11-13)9-7-12-5-3-4-6-15(12)17(20)22-2/h3-6,13-14,18H,8,10-11H2,1-2H3. The van der Waals surface area contributed by atoms with Gasteiger partial charge in [-0.15, -0.1) is 0 Å². The summed E-state index contributed by atoms with van der Waals surface area (Å²) >= 11 is 0. The normalized spacial score (nSPS) is 20.5. The molecule has 5 heteroatoms. The first-order valence-corrected chi connectivity index (χ1v) is 7.15. The van der Waals surface area contributed by atoms with Crippen molar-refractivity contribution in [2.45, 2.75) is 18.9 Å². The molecule has 0 amide bonds. The molecule has 0 spiro atoms. The maximum Gasteiger partial charge on any atom is 0.339 e. The summed E-state index contributed by atoms with van der Waals surface area (Å²) in [5, 5.41) is 3.23. The zero-order valence-corrected chi connectivity index (χ0v) is 12.7. The van der Waals surface area contributed by atoms with Crippen LogP contribution in [0.4, 0.5) is 0 Å². The Morgan fingerprint density at radius 1 is 1.18 bits per heavy atom. The Morgan fingerprint density at radius 3 is 2.59 bits per heavy atom. The van der Waals surface area contributed by atoms with Crippen LogP contribution < -0.4 is 5.32 Å². The molecular formula is C17H19NO4. The van der Waals surface area contributed by atoms with Crippen LogP contribution in [-0.2, 0) is 14.3 Å². The van der Waals surface area contributed by atoms with Crippen LogP contribution in [0, 0.1) is 17.8 Å². The Morgan fingerprint density at radius 2 is 1.95 bits per heavy atom. The highest BCUT2D eigenvalue weighted by molar-refractivity contribution is 5.92. The van der Waals surface area contributed by atoms with E-state index in [-0.39, 0.29) is 17.9 Å². The molecular weight excluding hydrogens is 282 g/mol. The fourth-order valence-corrected chi connectivity index (χ4v) is 2.39. The van der Waals surface area contributed by atoms with Gasteiger partial charge in [-0.2, -0.15) is 0 Å². The summed E-state index contributed by atoms with van der Waals surface area (Å²) in [4.78, 5) is 23.1. The molecule has 2 rings (SSSR count). The first-order valence-electron chi connectivity index (χ1n) is 7.15. The average molecular weight is 301 g/mol. The van der Waals surface area contributed by atoms with Crippen LogP contribution in [0.1, 0.15) is 28.8 Å².